The van der Waals surface area contributed by atoms with Crippen molar-refractivity contribution in [2.24, 2.45) is 10.9 Å². The summed E-state index contributed by atoms with van der Waals surface area (Å²) < 4.78 is 16.1. The summed E-state index contributed by atoms with van der Waals surface area (Å²) in [6, 6.07) is 10.7. The predicted octanol–water partition coefficient (Wildman–Crippen LogP) is 3.85. The molecule has 1 saturated heterocycles. The van der Waals surface area contributed by atoms with Crippen LogP contribution in [-0.4, -0.2) is 69.1 Å². The van der Waals surface area contributed by atoms with E-state index in [4.69, 9.17) is 14.2 Å². The number of nitro benzene ring substituents is 2. The summed E-state index contributed by atoms with van der Waals surface area (Å²) in [5.74, 6) is -1.01. The van der Waals surface area contributed by atoms with Gasteiger partial charge < -0.3 is 24.4 Å². The zero-order chi connectivity index (χ0) is 32.2. The molecule has 3 aliphatic rings. The Morgan fingerprint density at radius 2 is 1.60 bits per heavy atom. The van der Waals surface area contributed by atoms with Crippen LogP contribution in [0.15, 0.2) is 64.1 Å². The minimum atomic E-state index is -1.00. The van der Waals surface area contributed by atoms with Crippen LogP contribution in [-0.2, 0) is 37.0 Å². The quantitative estimate of drug-likeness (QED) is 0.162. The Balaban J connectivity index is 1.23. The summed E-state index contributed by atoms with van der Waals surface area (Å²) in [6.07, 6.45) is -1.52. The number of thioether (sulfide) groups is 1. The third-order valence-electron chi connectivity index (χ3n) is 7.60. The summed E-state index contributed by atoms with van der Waals surface area (Å²) in [5, 5.41) is 25.0. The van der Waals surface area contributed by atoms with Crippen molar-refractivity contribution < 1.29 is 38.4 Å². The maximum absolute atomic E-state index is 13.4. The van der Waals surface area contributed by atoms with Crippen molar-refractivity contribution in [3.8, 4) is 0 Å². The summed E-state index contributed by atoms with van der Waals surface area (Å²) in [6.45, 7) is 4.26. The lowest BCUT2D eigenvalue weighted by Crippen LogP contribution is -2.62. The number of β-lactam (4-membered cyclic amide) rings is 1. The molecule has 236 valence electrons. The molecule has 2 aromatic rings. The van der Waals surface area contributed by atoms with Crippen LogP contribution < -0.4 is 5.32 Å². The van der Waals surface area contributed by atoms with Crippen LogP contribution in [0.3, 0.4) is 0 Å². The van der Waals surface area contributed by atoms with Gasteiger partial charge in [0.15, 0.2) is 0 Å². The van der Waals surface area contributed by atoms with Gasteiger partial charge in [-0.3, -0.25) is 30.0 Å². The van der Waals surface area contributed by atoms with Crippen molar-refractivity contribution in [2.45, 2.75) is 50.9 Å². The van der Waals surface area contributed by atoms with E-state index < -0.39 is 45.9 Å². The molecule has 1 N–H and O–H groups in total. The van der Waals surface area contributed by atoms with Crippen molar-refractivity contribution in [3.05, 3.63) is 90.5 Å². The van der Waals surface area contributed by atoms with Gasteiger partial charge in [0.25, 0.3) is 11.4 Å². The first-order valence-corrected chi connectivity index (χ1v) is 14.8. The zero-order valence-corrected chi connectivity index (χ0v) is 25.1. The van der Waals surface area contributed by atoms with Crippen LogP contribution in [0.5, 0.6) is 0 Å². The summed E-state index contributed by atoms with van der Waals surface area (Å²) in [4.78, 5) is 66.4. The number of esters is 1. The lowest BCUT2D eigenvalue weighted by Gasteiger charge is -2.45. The monoisotopic (exact) mass is 639 g/mol. The Hall–Kier alpha value is -4.99. The first kappa shape index (κ1) is 31.4. The number of nitrogens with one attached hydrogen (secondary N) is 1. The average molecular weight is 640 g/mol. The molecule has 1 amide bonds. The summed E-state index contributed by atoms with van der Waals surface area (Å²) in [5.41, 5.74) is 1.01. The molecule has 0 aliphatic carbocycles. The molecular weight excluding hydrogens is 610 g/mol. The second-order valence-corrected chi connectivity index (χ2v) is 12.0. The van der Waals surface area contributed by atoms with Crippen LogP contribution in [0.4, 0.5) is 16.2 Å². The number of hydrogen-bond acceptors (Lipinski definition) is 13. The number of carbonyl (C=O) groups is 3. The average Bonchev–Trinajstić information content (AvgIpc) is 3.34. The van der Waals surface area contributed by atoms with Gasteiger partial charge in [-0.2, -0.15) is 0 Å². The van der Waals surface area contributed by atoms with E-state index in [0.717, 1.165) is 5.84 Å². The van der Waals surface area contributed by atoms with E-state index in [-0.39, 0.29) is 35.5 Å². The molecule has 45 heavy (non-hydrogen) atoms. The standard InChI is InChI=1S/C29H29N5O10S/c1-16(44-29(37)43-15-19-5-9-21(10-6-19)34(40)41)25-23-11-24(45-22-12-30-17(2)31-13-22)26(32(23)27(25)35)28(36)42-14-18-3-7-20(8-4-18)33(38)39/h3-10,16,22-23,25H,11-15H2,1-2H3,(H,30,31)/t16?,23-,25?/m1/s1. The van der Waals surface area contributed by atoms with Gasteiger partial charge in [0.2, 0.25) is 5.91 Å². The Labute approximate surface area is 260 Å². The van der Waals surface area contributed by atoms with Gasteiger partial charge >= 0.3 is 12.1 Å². The first-order valence-electron chi connectivity index (χ1n) is 14.0. The topological polar surface area (TPSA) is 193 Å². The molecule has 0 radical (unpaired) electrons. The lowest BCUT2D eigenvalue weighted by atomic mass is 9.83. The van der Waals surface area contributed by atoms with Crippen molar-refractivity contribution in [3.63, 3.8) is 0 Å². The van der Waals surface area contributed by atoms with Crippen LogP contribution >= 0.6 is 11.8 Å². The number of hydrogen-bond donors (Lipinski definition) is 1. The molecule has 4 atom stereocenters. The zero-order valence-electron chi connectivity index (χ0n) is 24.2. The number of fused-ring (bicyclic) bond motifs is 1. The molecule has 15 nitrogen and oxygen atoms in total. The second-order valence-electron chi connectivity index (χ2n) is 10.6. The third-order valence-corrected chi connectivity index (χ3v) is 8.89. The van der Waals surface area contributed by atoms with Crippen LogP contribution in [0.25, 0.3) is 0 Å². The minimum absolute atomic E-state index is 0.0106. The van der Waals surface area contributed by atoms with E-state index >= 15 is 0 Å². The minimum Gasteiger partial charge on any atom is -0.456 e. The predicted molar refractivity (Wildman–Crippen MR) is 160 cm³/mol. The Morgan fingerprint density at radius 1 is 1.02 bits per heavy atom. The molecule has 2 aromatic carbocycles. The molecule has 3 aliphatic heterocycles. The smallest absolute Gasteiger partial charge is 0.456 e. The summed E-state index contributed by atoms with van der Waals surface area (Å²) in [7, 11) is 0. The number of rotatable bonds is 11. The van der Waals surface area contributed by atoms with Crippen molar-refractivity contribution in [2.75, 3.05) is 13.1 Å². The van der Waals surface area contributed by atoms with E-state index in [9.17, 15) is 34.6 Å². The third kappa shape index (κ3) is 7.06. The van der Waals surface area contributed by atoms with Gasteiger partial charge in [0.05, 0.1) is 34.2 Å². The van der Waals surface area contributed by atoms with Crippen LogP contribution in [0, 0.1) is 26.1 Å². The lowest BCUT2D eigenvalue weighted by molar-refractivity contribution is -0.385. The molecule has 5 rings (SSSR count). The SMILES string of the molecule is CC1=NCC(SC2=C(C(=O)OCc3ccc([N+](=O)[O-])cc3)N3C(=O)C(C(C)OC(=O)OCc4ccc([N+](=O)[O-])cc4)[C@H]3C2)CN1. The second kappa shape index (κ2) is 13.3. The van der Waals surface area contributed by atoms with Gasteiger partial charge in [0, 0.05) is 47.4 Å². The molecule has 0 saturated carbocycles. The summed E-state index contributed by atoms with van der Waals surface area (Å²) >= 11 is 1.44. The molecule has 3 heterocycles. The van der Waals surface area contributed by atoms with Crippen molar-refractivity contribution in [1.82, 2.24) is 10.2 Å². The molecule has 1 fully saturated rings. The molecule has 3 unspecified atom stereocenters. The van der Waals surface area contributed by atoms with Crippen molar-refractivity contribution >= 4 is 47.0 Å². The number of nitro groups is 2. The van der Waals surface area contributed by atoms with E-state index in [0.29, 0.717) is 35.5 Å². The van der Waals surface area contributed by atoms with E-state index in [1.165, 1.54) is 65.2 Å². The normalized spacial score (nSPS) is 21.1. The fraction of sp³-hybridized carbons (Fsp3) is 0.379. The Morgan fingerprint density at radius 3 is 2.13 bits per heavy atom. The van der Waals surface area contributed by atoms with Gasteiger partial charge in [0.1, 0.15) is 25.0 Å². The van der Waals surface area contributed by atoms with E-state index in [1.54, 1.807) is 6.92 Å². The number of carbonyl (C=O) groups excluding carboxylic acids is 3. The highest BCUT2D eigenvalue weighted by Crippen LogP contribution is 2.48. The van der Waals surface area contributed by atoms with Crippen molar-refractivity contribution in [1.29, 1.82) is 0 Å². The molecule has 0 aromatic heterocycles. The molecule has 0 spiro atoms. The van der Waals surface area contributed by atoms with Gasteiger partial charge in [-0.1, -0.05) is 0 Å². The maximum Gasteiger partial charge on any atom is 0.508 e. The number of amidine groups is 1. The number of aliphatic imine (C=N–C) groups is 1. The van der Waals surface area contributed by atoms with E-state index in [2.05, 4.69) is 10.3 Å². The number of non-ortho nitro benzene ring substituents is 2. The van der Waals surface area contributed by atoms with Gasteiger partial charge in [-0.15, -0.1) is 11.8 Å². The number of nitrogens with zero attached hydrogens (tertiary/aromatic N) is 4. The Kier molecular flexibility index (Phi) is 9.32. The number of amides is 1. The molecule has 16 heteroatoms. The number of ether oxygens (including phenoxy) is 3. The highest BCUT2D eigenvalue weighted by atomic mass is 32.2. The van der Waals surface area contributed by atoms with Gasteiger partial charge in [-0.05, 0) is 49.2 Å². The fourth-order valence-corrected chi connectivity index (χ4v) is 6.54. The highest BCUT2D eigenvalue weighted by molar-refractivity contribution is 8.03. The highest BCUT2D eigenvalue weighted by Gasteiger charge is 2.58. The fourth-order valence-electron chi connectivity index (χ4n) is 5.26. The number of benzene rings is 2. The van der Waals surface area contributed by atoms with Crippen LogP contribution in [0.2, 0.25) is 0 Å². The largest absolute Gasteiger partial charge is 0.508 e. The van der Waals surface area contributed by atoms with Gasteiger partial charge in [-0.25, -0.2) is 9.59 Å². The van der Waals surface area contributed by atoms with E-state index in [1.807, 2.05) is 6.92 Å². The first-order chi connectivity index (χ1) is 21.5. The molecule has 0 bridgehead atoms. The maximum atomic E-state index is 13.4. The Bertz CT molecular complexity index is 1580. The van der Waals surface area contributed by atoms with Crippen LogP contribution in [0.1, 0.15) is 31.4 Å². The molecular formula is C29H29N5O10S.